The molecule has 1 aliphatic rings. The van der Waals surface area contributed by atoms with Gasteiger partial charge in [0.1, 0.15) is 0 Å². The van der Waals surface area contributed by atoms with E-state index in [2.05, 4.69) is 85.6 Å². The number of hydrogen-bond donors (Lipinski definition) is 0. The minimum absolute atomic E-state index is 0.112. The molecule has 0 N–H and O–H groups in total. The van der Waals surface area contributed by atoms with E-state index >= 15 is 0 Å². The monoisotopic (exact) mass is 381 g/mol. The number of carbonyl (C=O) groups excluding carboxylic acids is 1. The molecular formula is C25H23N3O. The maximum Gasteiger partial charge on any atom is 0.255 e. The summed E-state index contributed by atoms with van der Waals surface area (Å²) in [4.78, 5) is 15.5. The fourth-order valence-corrected chi connectivity index (χ4v) is 5.51. The maximum absolute atomic E-state index is 13.6. The Balaban J connectivity index is 2.08. The molecule has 0 atom stereocenters. The number of carbonyl (C=O) groups is 1. The van der Waals surface area contributed by atoms with Gasteiger partial charge in [0.25, 0.3) is 5.91 Å². The highest BCUT2D eigenvalue weighted by Crippen LogP contribution is 2.50. The number of rotatable bonds is 0. The molecule has 3 heterocycles. The average molecular weight is 381 g/mol. The van der Waals surface area contributed by atoms with Crippen LogP contribution in [0.3, 0.4) is 0 Å². The lowest BCUT2D eigenvalue weighted by Crippen LogP contribution is -2.35. The van der Waals surface area contributed by atoms with E-state index in [0.717, 1.165) is 32.9 Å². The van der Waals surface area contributed by atoms with Crippen LogP contribution >= 0.6 is 0 Å². The van der Waals surface area contributed by atoms with Crippen molar-refractivity contribution < 1.29 is 4.79 Å². The molecule has 4 heteroatoms. The molecule has 0 spiro atoms. The molecule has 0 saturated carbocycles. The van der Waals surface area contributed by atoms with E-state index in [0.29, 0.717) is 0 Å². The maximum atomic E-state index is 13.6. The number of nitrogens with zero attached hydrogens (tertiary/aromatic N) is 3. The van der Waals surface area contributed by atoms with Crippen LogP contribution in [0.1, 0.15) is 29.8 Å². The Kier molecular flexibility index (Phi) is 2.88. The van der Waals surface area contributed by atoms with E-state index < -0.39 is 0 Å². The first-order chi connectivity index (χ1) is 13.9. The zero-order chi connectivity index (χ0) is 20.2. The van der Waals surface area contributed by atoms with Crippen LogP contribution < -0.4 is 0 Å². The van der Waals surface area contributed by atoms with Crippen molar-refractivity contribution in [1.82, 2.24) is 14.0 Å². The van der Waals surface area contributed by atoms with Gasteiger partial charge in [0.05, 0.1) is 22.1 Å². The Morgan fingerprint density at radius 3 is 1.79 bits per heavy atom. The lowest BCUT2D eigenvalue weighted by Gasteiger charge is -2.29. The number of benzene rings is 3. The molecule has 144 valence electrons. The van der Waals surface area contributed by atoms with Gasteiger partial charge in [-0.25, -0.2) is 0 Å². The largest absolute Gasteiger partial charge is 0.342 e. The predicted molar refractivity (Wildman–Crippen MR) is 120 cm³/mol. The van der Waals surface area contributed by atoms with Gasteiger partial charge in [-0.2, -0.15) is 0 Å². The second-order valence-electron chi connectivity index (χ2n) is 8.77. The van der Waals surface area contributed by atoms with Gasteiger partial charge in [0.2, 0.25) is 0 Å². The molecule has 0 aliphatic carbocycles. The summed E-state index contributed by atoms with van der Waals surface area (Å²) < 4.78 is 4.55. The minimum atomic E-state index is -0.375. The number of aryl methyl sites for hydroxylation is 2. The SMILES string of the molecule is CN1C(=O)c2c(c3c4ccccc4n(C)c3c3c2c2ccccc2n3C)C1(C)C. The first kappa shape index (κ1) is 16.7. The molecule has 6 rings (SSSR count). The van der Waals surface area contributed by atoms with E-state index in [4.69, 9.17) is 0 Å². The quantitative estimate of drug-likeness (QED) is 0.358. The highest BCUT2D eigenvalue weighted by atomic mass is 16.2. The summed E-state index contributed by atoms with van der Waals surface area (Å²) in [6, 6.07) is 17.0. The summed E-state index contributed by atoms with van der Waals surface area (Å²) >= 11 is 0. The molecule has 0 unspecified atom stereocenters. The Morgan fingerprint density at radius 1 is 0.724 bits per heavy atom. The first-order valence-electron chi connectivity index (χ1n) is 10.0. The molecule has 1 amide bonds. The van der Waals surface area contributed by atoms with Crippen LogP contribution in [0.4, 0.5) is 0 Å². The lowest BCUT2D eigenvalue weighted by atomic mass is 9.87. The number of amides is 1. The van der Waals surface area contributed by atoms with Gasteiger partial charge in [0, 0.05) is 59.3 Å². The van der Waals surface area contributed by atoms with E-state index in [9.17, 15) is 4.79 Å². The Bertz CT molecular complexity index is 1530. The fraction of sp³-hybridized carbons (Fsp3) is 0.240. The molecule has 0 radical (unpaired) electrons. The second-order valence-corrected chi connectivity index (χ2v) is 8.77. The van der Waals surface area contributed by atoms with Gasteiger partial charge in [-0.1, -0.05) is 36.4 Å². The highest BCUT2D eigenvalue weighted by molar-refractivity contribution is 6.31. The lowest BCUT2D eigenvalue weighted by molar-refractivity contribution is 0.0693. The summed E-state index contributed by atoms with van der Waals surface area (Å²) in [5.74, 6) is 0.112. The predicted octanol–water partition coefficient (Wildman–Crippen LogP) is 5.30. The number of fused-ring (bicyclic) bond motifs is 10. The van der Waals surface area contributed by atoms with Gasteiger partial charge < -0.3 is 14.0 Å². The van der Waals surface area contributed by atoms with Crippen molar-refractivity contribution in [3.05, 3.63) is 59.7 Å². The van der Waals surface area contributed by atoms with E-state index in [1.807, 2.05) is 11.9 Å². The molecule has 5 aromatic rings. The molecule has 2 aromatic heterocycles. The van der Waals surface area contributed by atoms with Crippen LogP contribution in [0.15, 0.2) is 48.5 Å². The van der Waals surface area contributed by atoms with Crippen LogP contribution in [-0.2, 0) is 19.6 Å². The molecule has 0 bridgehead atoms. The van der Waals surface area contributed by atoms with Crippen molar-refractivity contribution in [1.29, 1.82) is 0 Å². The van der Waals surface area contributed by atoms with Gasteiger partial charge in [0.15, 0.2) is 0 Å². The normalized spacial score (nSPS) is 16.0. The summed E-state index contributed by atoms with van der Waals surface area (Å²) in [6.45, 7) is 4.32. The third-order valence-electron chi connectivity index (χ3n) is 7.16. The van der Waals surface area contributed by atoms with Crippen LogP contribution in [0.2, 0.25) is 0 Å². The van der Waals surface area contributed by atoms with Crippen LogP contribution in [0.5, 0.6) is 0 Å². The fourth-order valence-electron chi connectivity index (χ4n) is 5.51. The zero-order valence-corrected chi connectivity index (χ0v) is 17.4. The van der Waals surface area contributed by atoms with Crippen LogP contribution in [0, 0.1) is 0 Å². The van der Waals surface area contributed by atoms with Gasteiger partial charge >= 0.3 is 0 Å². The Morgan fingerprint density at radius 2 is 1.21 bits per heavy atom. The Hall–Kier alpha value is -3.27. The molecule has 1 aliphatic heterocycles. The van der Waals surface area contributed by atoms with Gasteiger partial charge in [-0.3, -0.25) is 4.79 Å². The van der Waals surface area contributed by atoms with E-state index in [-0.39, 0.29) is 11.4 Å². The van der Waals surface area contributed by atoms with Crippen molar-refractivity contribution >= 4 is 49.5 Å². The zero-order valence-electron chi connectivity index (χ0n) is 17.4. The molecule has 4 nitrogen and oxygen atoms in total. The van der Waals surface area contributed by atoms with Crippen molar-refractivity contribution in [2.45, 2.75) is 19.4 Å². The molecular weight excluding hydrogens is 358 g/mol. The van der Waals surface area contributed by atoms with E-state index in [1.54, 1.807) is 0 Å². The van der Waals surface area contributed by atoms with Crippen LogP contribution in [-0.4, -0.2) is 27.0 Å². The third-order valence-corrected chi connectivity index (χ3v) is 7.16. The molecule has 0 saturated heterocycles. The summed E-state index contributed by atoms with van der Waals surface area (Å²) in [6.07, 6.45) is 0. The molecule has 29 heavy (non-hydrogen) atoms. The number of aromatic nitrogens is 2. The molecule has 3 aromatic carbocycles. The topological polar surface area (TPSA) is 30.2 Å². The van der Waals surface area contributed by atoms with Crippen molar-refractivity contribution in [3.8, 4) is 0 Å². The summed E-state index contributed by atoms with van der Waals surface area (Å²) in [5, 5.41) is 4.65. The van der Waals surface area contributed by atoms with Crippen molar-refractivity contribution in [2.24, 2.45) is 14.1 Å². The Labute approximate surface area is 168 Å². The number of para-hydroxylation sites is 2. The van der Waals surface area contributed by atoms with Crippen molar-refractivity contribution in [2.75, 3.05) is 7.05 Å². The first-order valence-corrected chi connectivity index (χ1v) is 10.0. The number of hydrogen-bond acceptors (Lipinski definition) is 1. The van der Waals surface area contributed by atoms with Gasteiger partial charge in [-0.15, -0.1) is 0 Å². The standard InChI is InChI=1S/C25H23N3O/c1-25(2)21-19-15-11-7-9-13-17(15)27(4)23(19)22-18(20(21)24(29)28(25)5)14-10-6-8-12-16(14)26(22)3/h6-13H,1-5H3. The second kappa shape index (κ2) is 5.01. The van der Waals surface area contributed by atoms with Gasteiger partial charge in [-0.05, 0) is 26.0 Å². The summed E-state index contributed by atoms with van der Waals surface area (Å²) in [5.41, 5.74) is 6.34. The highest BCUT2D eigenvalue weighted by Gasteiger charge is 2.45. The minimum Gasteiger partial charge on any atom is -0.342 e. The third kappa shape index (κ3) is 1.70. The molecule has 0 fully saturated rings. The summed E-state index contributed by atoms with van der Waals surface area (Å²) in [7, 11) is 6.18. The smallest absolute Gasteiger partial charge is 0.255 e. The van der Waals surface area contributed by atoms with Crippen molar-refractivity contribution in [3.63, 3.8) is 0 Å². The van der Waals surface area contributed by atoms with Crippen LogP contribution in [0.25, 0.3) is 43.6 Å². The van der Waals surface area contributed by atoms with E-state index in [1.165, 1.54) is 21.8 Å². The average Bonchev–Trinajstić information content (AvgIpc) is 3.25.